The van der Waals surface area contributed by atoms with Crippen molar-refractivity contribution in [2.45, 2.75) is 39.0 Å². The highest BCUT2D eigenvalue weighted by Crippen LogP contribution is 2.31. The molecule has 0 spiro atoms. The average molecular weight is 338 g/mol. The number of primary amides is 1. The van der Waals surface area contributed by atoms with Gasteiger partial charge in [-0.15, -0.1) is 0 Å². The molecule has 6 heteroatoms. The lowest BCUT2D eigenvalue weighted by atomic mass is 9.95. The van der Waals surface area contributed by atoms with E-state index in [1.165, 1.54) is 0 Å². The second-order valence-electron chi connectivity index (χ2n) is 7.27. The van der Waals surface area contributed by atoms with Crippen LogP contribution in [0, 0.1) is 0 Å². The fourth-order valence-corrected chi connectivity index (χ4v) is 3.05. The van der Waals surface area contributed by atoms with Gasteiger partial charge in [-0.25, -0.2) is 9.97 Å². The summed E-state index contributed by atoms with van der Waals surface area (Å²) in [5.74, 6) is 0.0613. The van der Waals surface area contributed by atoms with Gasteiger partial charge < -0.3 is 10.6 Å². The maximum absolute atomic E-state index is 12.9. The number of fused-ring (bicyclic) bond motifs is 1. The molecule has 130 valence electrons. The molecule has 2 aromatic rings. The minimum Gasteiger partial charge on any atom is -0.366 e. The summed E-state index contributed by atoms with van der Waals surface area (Å²) in [6, 6.07) is 5.31. The largest absolute Gasteiger partial charge is 0.366 e. The smallest absolute Gasteiger partial charge is 0.261 e. The summed E-state index contributed by atoms with van der Waals surface area (Å²) in [4.78, 5) is 34.9. The van der Waals surface area contributed by atoms with E-state index < -0.39 is 5.91 Å². The Labute approximate surface area is 147 Å². The molecular formula is C19H22N4O2. The van der Waals surface area contributed by atoms with Crippen LogP contribution in [-0.4, -0.2) is 28.3 Å². The zero-order valence-electron chi connectivity index (χ0n) is 14.7. The molecule has 0 saturated carbocycles. The van der Waals surface area contributed by atoms with Gasteiger partial charge in [-0.3, -0.25) is 9.59 Å². The molecule has 1 aromatic carbocycles. The first-order chi connectivity index (χ1) is 11.8. The van der Waals surface area contributed by atoms with E-state index in [1.54, 1.807) is 29.4 Å². The third kappa shape index (κ3) is 3.24. The van der Waals surface area contributed by atoms with Crippen LogP contribution in [0.25, 0.3) is 0 Å². The standard InChI is InChI=1S/C19H22N4O2/c1-19(2,3)18-21-10-12(11-22-18)17(25)23-9-5-7-13-14(16(20)24)6-4-8-15(13)23/h4,6,8,10-11H,5,7,9H2,1-3H3,(H2,20,24). The van der Waals surface area contributed by atoms with Crippen molar-refractivity contribution >= 4 is 17.5 Å². The van der Waals surface area contributed by atoms with Crippen molar-refractivity contribution in [1.29, 1.82) is 0 Å². The van der Waals surface area contributed by atoms with Crippen molar-refractivity contribution in [3.8, 4) is 0 Å². The van der Waals surface area contributed by atoms with Crippen LogP contribution in [-0.2, 0) is 11.8 Å². The lowest BCUT2D eigenvalue weighted by Gasteiger charge is -2.30. The Hall–Kier alpha value is -2.76. The molecule has 0 unspecified atom stereocenters. The minimum atomic E-state index is -0.469. The molecule has 2 N–H and O–H groups in total. The van der Waals surface area contributed by atoms with Crippen molar-refractivity contribution < 1.29 is 9.59 Å². The number of amides is 2. The summed E-state index contributed by atoms with van der Waals surface area (Å²) in [6.07, 6.45) is 4.66. The van der Waals surface area contributed by atoms with Gasteiger partial charge in [-0.05, 0) is 30.5 Å². The molecule has 25 heavy (non-hydrogen) atoms. The summed E-state index contributed by atoms with van der Waals surface area (Å²) in [5.41, 5.74) is 7.79. The molecule has 2 amide bonds. The maximum atomic E-state index is 12.9. The van der Waals surface area contributed by atoms with E-state index in [-0.39, 0.29) is 11.3 Å². The molecule has 0 saturated heterocycles. The highest BCUT2D eigenvalue weighted by molar-refractivity contribution is 6.07. The molecule has 1 aromatic heterocycles. The number of benzene rings is 1. The van der Waals surface area contributed by atoms with Gasteiger partial charge in [-0.2, -0.15) is 0 Å². The predicted molar refractivity (Wildman–Crippen MR) is 95.7 cm³/mol. The number of hydrogen-bond acceptors (Lipinski definition) is 4. The minimum absolute atomic E-state index is 0.164. The van der Waals surface area contributed by atoms with Gasteiger partial charge >= 0.3 is 0 Å². The molecule has 3 rings (SSSR count). The van der Waals surface area contributed by atoms with Gasteiger partial charge in [0.25, 0.3) is 5.91 Å². The highest BCUT2D eigenvalue weighted by atomic mass is 16.2. The Morgan fingerprint density at radius 2 is 1.84 bits per heavy atom. The van der Waals surface area contributed by atoms with E-state index in [1.807, 2.05) is 26.8 Å². The number of rotatable bonds is 2. The quantitative estimate of drug-likeness (QED) is 0.911. The van der Waals surface area contributed by atoms with Crippen LogP contribution in [0.4, 0.5) is 5.69 Å². The Kier molecular flexibility index (Phi) is 4.29. The molecule has 6 nitrogen and oxygen atoms in total. The number of nitrogens with two attached hydrogens (primary N) is 1. The Morgan fingerprint density at radius 1 is 1.16 bits per heavy atom. The van der Waals surface area contributed by atoms with Gasteiger partial charge in [0, 0.05) is 35.6 Å². The Balaban J connectivity index is 1.95. The number of hydrogen-bond donors (Lipinski definition) is 1. The van der Waals surface area contributed by atoms with Crippen LogP contribution in [0.5, 0.6) is 0 Å². The number of nitrogens with zero attached hydrogens (tertiary/aromatic N) is 3. The van der Waals surface area contributed by atoms with Crippen LogP contribution >= 0.6 is 0 Å². The van der Waals surface area contributed by atoms with Crippen LogP contribution in [0.1, 0.15) is 59.3 Å². The summed E-state index contributed by atoms with van der Waals surface area (Å²) >= 11 is 0. The van der Waals surface area contributed by atoms with Crippen LogP contribution in [0.3, 0.4) is 0 Å². The first-order valence-corrected chi connectivity index (χ1v) is 8.35. The summed E-state index contributed by atoms with van der Waals surface area (Å²) in [7, 11) is 0. The first kappa shape index (κ1) is 17.1. The average Bonchev–Trinajstić information content (AvgIpc) is 2.59. The lowest BCUT2D eigenvalue weighted by molar-refractivity contribution is 0.0976. The van der Waals surface area contributed by atoms with Crippen molar-refractivity contribution in [2.24, 2.45) is 5.73 Å². The van der Waals surface area contributed by atoms with E-state index in [0.29, 0.717) is 23.5 Å². The fraction of sp³-hybridized carbons (Fsp3) is 0.368. The van der Waals surface area contributed by atoms with Gasteiger partial charge in [0.2, 0.25) is 5.91 Å². The zero-order valence-corrected chi connectivity index (χ0v) is 14.7. The van der Waals surface area contributed by atoms with Gasteiger partial charge in [0.15, 0.2) is 0 Å². The van der Waals surface area contributed by atoms with Gasteiger partial charge in [-0.1, -0.05) is 26.8 Å². The van der Waals surface area contributed by atoms with Crippen LogP contribution in [0.2, 0.25) is 0 Å². The molecular weight excluding hydrogens is 316 g/mol. The van der Waals surface area contributed by atoms with Crippen molar-refractivity contribution in [3.63, 3.8) is 0 Å². The second-order valence-corrected chi connectivity index (χ2v) is 7.27. The van der Waals surface area contributed by atoms with E-state index in [2.05, 4.69) is 9.97 Å². The van der Waals surface area contributed by atoms with Crippen LogP contribution in [0.15, 0.2) is 30.6 Å². The van der Waals surface area contributed by atoms with Gasteiger partial charge in [0.05, 0.1) is 5.56 Å². The number of aromatic nitrogens is 2. The molecule has 0 aliphatic carbocycles. The van der Waals surface area contributed by atoms with E-state index >= 15 is 0 Å². The second kappa shape index (κ2) is 6.27. The zero-order chi connectivity index (χ0) is 18.2. The normalized spacial score (nSPS) is 14.1. The Bertz CT molecular complexity index is 822. The summed E-state index contributed by atoms with van der Waals surface area (Å²) in [5, 5.41) is 0. The first-order valence-electron chi connectivity index (χ1n) is 8.35. The monoisotopic (exact) mass is 338 g/mol. The van der Waals surface area contributed by atoms with E-state index in [9.17, 15) is 9.59 Å². The van der Waals surface area contributed by atoms with Crippen molar-refractivity contribution in [2.75, 3.05) is 11.4 Å². The maximum Gasteiger partial charge on any atom is 0.261 e. The van der Waals surface area contributed by atoms with Crippen molar-refractivity contribution in [1.82, 2.24) is 9.97 Å². The SMILES string of the molecule is CC(C)(C)c1ncc(C(=O)N2CCCc3c(C(N)=O)cccc32)cn1. The van der Waals surface area contributed by atoms with E-state index in [4.69, 9.17) is 5.73 Å². The number of carbonyl (C=O) groups excluding carboxylic acids is 2. The molecule has 0 radical (unpaired) electrons. The topological polar surface area (TPSA) is 89.2 Å². The molecule has 0 fully saturated rings. The molecule has 0 atom stereocenters. The number of anilines is 1. The Morgan fingerprint density at radius 3 is 2.44 bits per heavy atom. The third-order valence-electron chi connectivity index (χ3n) is 4.33. The van der Waals surface area contributed by atoms with Crippen molar-refractivity contribution in [3.05, 3.63) is 53.1 Å². The molecule has 0 bridgehead atoms. The molecule has 1 aliphatic rings. The summed E-state index contributed by atoms with van der Waals surface area (Å²) < 4.78 is 0. The third-order valence-corrected chi connectivity index (χ3v) is 4.33. The fourth-order valence-electron chi connectivity index (χ4n) is 3.05. The van der Waals surface area contributed by atoms with E-state index in [0.717, 1.165) is 24.1 Å². The predicted octanol–water partition coefficient (Wildman–Crippen LogP) is 2.47. The van der Waals surface area contributed by atoms with Gasteiger partial charge in [0.1, 0.15) is 5.82 Å². The highest BCUT2D eigenvalue weighted by Gasteiger charge is 2.27. The number of carbonyl (C=O) groups is 2. The van der Waals surface area contributed by atoms with Crippen LogP contribution < -0.4 is 10.6 Å². The molecule has 1 aliphatic heterocycles. The summed E-state index contributed by atoms with van der Waals surface area (Å²) in [6.45, 7) is 6.66. The lowest BCUT2D eigenvalue weighted by Crippen LogP contribution is -2.36. The molecule has 2 heterocycles.